The quantitative estimate of drug-likeness (QED) is 0.740. The first kappa shape index (κ1) is 14.9. The smallest absolute Gasteiger partial charge is 0.306 e. The van der Waals surface area contributed by atoms with Gasteiger partial charge in [0, 0.05) is 6.07 Å². The number of hydrogen-bond acceptors (Lipinski definition) is 6. The second kappa shape index (κ2) is 5.87. The Kier molecular flexibility index (Phi) is 4.37. The monoisotopic (exact) mass is 299 g/mol. The van der Waals surface area contributed by atoms with Crippen molar-refractivity contribution in [1.29, 1.82) is 0 Å². The summed E-state index contributed by atoms with van der Waals surface area (Å²) in [4.78, 5) is 34.5. The van der Waals surface area contributed by atoms with E-state index in [9.17, 15) is 14.4 Å². The molecule has 110 valence electrons. The van der Waals surface area contributed by atoms with Gasteiger partial charge in [-0.2, -0.15) is 11.8 Å². The fourth-order valence-corrected chi connectivity index (χ4v) is 3.18. The number of carbonyl (C=O) groups is 2. The zero-order valence-corrected chi connectivity index (χ0v) is 12.3. The highest BCUT2D eigenvalue weighted by Gasteiger charge is 2.44. The molecule has 6 nitrogen and oxygen atoms in total. The second-order valence-corrected chi connectivity index (χ2v) is 6.10. The fourth-order valence-electron chi connectivity index (χ4n) is 1.96. The molecule has 1 aromatic rings. The average Bonchev–Trinajstić information content (AvgIpc) is 3.06. The molecule has 0 amide bonds. The Morgan fingerprint density at radius 3 is 2.70 bits per heavy atom. The molecule has 20 heavy (non-hydrogen) atoms. The Morgan fingerprint density at radius 2 is 2.20 bits per heavy atom. The van der Waals surface area contributed by atoms with E-state index in [0.717, 1.165) is 17.6 Å². The number of methoxy groups -OCH3 is 1. The third kappa shape index (κ3) is 3.53. The molecule has 1 aliphatic carbocycles. The van der Waals surface area contributed by atoms with Gasteiger partial charge >= 0.3 is 5.97 Å². The molecule has 0 aromatic carbocycles. The lowest BCUT2D eigenvalue weighted by Crippen LogP contribution is -2.24. The Morgan fingerprint density at radius 1 is 1.50 bits per heavy atom. The van der Waals surface area contributed by atoms with Gasteiger partial charge < -0.3 is 9.26 Å². The summed E-state index contributed by atoms with van der Waals surface area (Å²) >= 11 is 1.42. The standard InChI is InChI=1S/C13H17NO5S/c1-9-5-10(15)14(19-9)11(16)7-20-8-13(3-4-13)6-12(17)18-2/h5H,3-4,6-8H2,1-2H3. The maximum atomic E-state index is 11.8. The molecular weight excluding hydrogens is 282 g/mol. The first-order valence-electron chi connectivity index (χ1n) is 6.33. The number of esters is 1. The predicted octanol–water partition coefficient (Wildman–Crippen LogP) is 1.47. The average molecular weight is 299 g/mol. The minimum atomic E-state index is -0.441. The molecule has 0 saturated heterocycles. The zero-order chi connectivity index (χ0) is 14.8. The fraction of sp³-hybridized carbons (Fsp3) is 0.615. The third-order valence-electron chi connectivity index (χ3n) is 3.33. The van der Waals surface area contributed by atoms with E-state index in [1.807, 2.05) is 0 Å². The van der Waals surface area contributed by atoms with E-state index in [2.05, 4.69) is 4.74 Å². The number of nitrogens with zero attached hydrogens (tertiary/aromatic N) is 1. The molecule has 0 aliphatic heterocycles. The van der Waals surface area contributed by atoms with Crippen LogP contribution in [0.4, 0.5) is 0 Å². The molecule has 1 aliphatic rings. The van der Waals surface area contributed by atoms with Crippen molar-refractivity contribution in [2.45, 2.75) is 26.2 Å². The molecule has 0 bridgehead atoms. The lowest BCUT2D eigenvalue weighted by atomic mass is 10.1. The summed E-state index contributed by atoms with van der Waals surface area (Å²) < 4.78 is 10.5. The summed E-state index contributed by atoms with van der Waals surface area (Å²) in [6.45, 7) is 1.62. The van der Waals surface area contributed by atoms with Crippen molar-refractivity contribution >= 4 is 23.6 Å². The van der Waals surface area contributed by atoms with Gasteiger partial charge in [0.1, 0.15) is 5.76 Å². The van der Waals surface area contributed by atoms with E-state index in [4.69, 9.17) is 4.52 Å². The Bertz CT molecular complexity index is 570. The largest absolute Gasteiger partial charge is 0.469 e. The van der Waals surface area contributed by atoms with Crippen molar-refractivity contribution in [2.24, 2.45) is 5.41 Å². The van der Waals surface area contributed by atoms with Crippen molar-refractivity contribution in [3.05, 3.63) is 22.2 Å². The molecule has 0 N–H and O–H groups in total. The first-order chi connectivity index (χ1) is 9.46. The van der Waals surface area contributed by atoms with Gasteiger partial charge in [-0.25, -0.2) is 0 Å². The van der Waals surface area contributed by atoms with E-state index in [-0.39, 0.29) is 23.0 Å². The van der Waals surface area contributed by atoms with Crippen LogP contribution in [0.3, 0.4) is 0 Å². The summed E-state index contributed by atoms with van der Waals surface area (Å²) in [5.41, 5.74) is -0.467. The Balaban J connectivity index is 1.82. The summed E-state index contributed by atoms with van der Waals surface area (Å²) in [6.07, 6.45) is 2.34. The van der Waals surface area contributed by atoms with E-state index >= 15 is 0 Å². The predicted molar refractivity (Wildman–Crippen MR) is 74.0 cm³/mol. The van der Waals surface area contributed by atoms with Gasteiger partial charge in [0.05, 0.1) is 19.3 Å². The summed E-state index contributed by atoms with van der Waals surface area (Å²) in [5, 5.41) is 0. The van der Waals surface area contributed by atoms with Crippen LogP contribution in [-0.2, 0) is 9.53 Å². The molecule has 1 heterocycles. The van der Waals surface area contributed by atoms with Gasteiger partial charge in [-0.3, -0.25) is 14.4 Å². The number of aromatic nitrogens is 1. The van der Waals surface area contributed by atoms with E-state index in [1.54, 1.807) is 6.92 Å². The van der Waals surface area contributed by atoms with Crippen molar-refractivity contribution in [3.63, 3.8) is 0 Å². The van der Waals surface area contributed by atoms with Crippen LogP contribution in [0.1, 0.15) is 29.8 Å². The molecule has 1 aromatic heterocycles. The summed E-state index contributed by atoms with van der Waals surface area (Å²) in [5.74, 6) is 0.699. The minimum absolute atomic E-state index is 0.0257. The molecule has 0 spiro atoms. The molecule has 0 atom stereocenters. The van der Waals surface area contributed by atoms with E-state index in [1.165, 1.54) is 24.9 Å². The maximum absolute atomic E-state index is 11.8. The van der Waals surface area contributed by atoms with Crippen LogP contribution < -0.4 is 5.56 Å². The number of carbonyl (C=O) groups excluding carboxylic acids is 2. The van der Waals surface area contributed by atoms with Gasteiger partial charge in [-0.05, 0) is 30.9 Å². The number of rotatable bonds is 6. The van der Waals surface area contributed by atoms with Gasteiger partial charge in [0.25, 0.3) is 11.5 Å². The number of hydrogen-bond donors (Lipinski definition) is 0. The van der Waals surface area contributed by atoms with Crippen molar-refractivity contribution in [2.75, 3.05) is 18.6 Å². The highest BCUT2D eigenvalue weighted by Crippen LogP contribution is 2.51. The second-order valence-electron chi connectivity index (χ2n) is 5.12. The van der Waals surface area contributed by atoms with Crippen molar-refractivity contribution in [3.8, 4) is 0 Å². The molecular formula is C13H17NO5S. The topological polar surface area (TPSA) is 78.5 Å². The third-order valence-corrected chi connectivity index (χ3v) is 4.59. The van der Waals surface area contributed by atoms with Crippen LogP contribution >= 0.6 is 11.8 Å². The molecule has 1 saturated carbocycles. The van der Waals surface area contributed by atoms with Gasteiger partial charge in [0.2, 0.25) is 0 Å². The maximum Gasteiger partial charge on any atom is 0.306 e. The molecule has 2 rings (SSSR count). The Labute approximate surface area is 120 Å². The van der Waals surface area contributed by atoms with Crippen LogP contribution in [0.15, 0.2) is 15.4 Å². The SMILES string of the molecule is COC(=O)CC1(CSCC(=O)n2oc(C)cc2=O)CC1. The van der Waals surface area contributed by atoms with Crippen molar-refractivity contribution < 1.29 is 18.8 Å². The first-order valence-corrected chi connectivity index (χ1v) is 7.49. The van der Waals surface area contributed by atoms with Gasteiger partial charge in [-0.15, -0.1) is 4.74 Å². The highest BCUT2D eigenvalue weighted by atomic mass is 32.2. The molecule has 1 fully saturated rings. The Hall–Kier alpha value is -1.50. The zero-order valence-electron chi connectivity index (χ0n) is 11.5. The van der Waals surface area contributed by atoms with Crippen molar-refractivity contribution in [1.82, 2.24) is 4.74 Å². The van der Waals surface area contributed by atoms with Crippen LogP contribution in [0.2, 0.25) is 0 Å². The number of aryl methyl sites for hydroxylation is 1. The van der Waals surface area contributed by atoms with E-state index < -0.39 is 5.56 Å². The molecule has 7 heteroatoms. The van der Waals surface area contributed by atoms with Gasteiger partial charge in [-0.1, -0.05) is 0 Å². The van der Waals surface area contributed by atoms with Crippen LogP contribution in [-0.4, -0.2) is 35.2 Å². The number of thioether (sulfide) groups is 1. The van der Waals surface area contributed by atoms with Crippen LogP contribution in [0, 0.1) is 12.3 Å². The normalized spacial score (nSPS) is 15.9. The number of ether oxygens (including phenoxy) is 1. The molecule has 0 unspecified atom stereocenters. The highest BCUT2D eigenvalue weighted by molar-refractivity contribution is 8.00. The minimum Gasteiger partial charge on any atom is -0.469 e. The van der Waals surface area contributed by atoms with Gasteiger partial charge in [0.15, 0.2) is 0 Å². The molecule has 0 radical (unpaired) electrons. The summed E-state index contributed by atoms with van der Waals surface area (Å²) in [7, 11) is 1.38. The lowest BCUT2D eigenvalue weighted by molar-refractivity contribution is -0.141. The summed E-state index contributed by atoms with van der Waals surface area (Å²) in [6, 6.07) is 1.28. The lowest BCUT2D eigenvalue weighted by Gasteiger charge is -2.12. The van der Waals surface area contributed by atoms with E-state index in [0.29, 0.717) is 17.9 Å². The van der Waals surface area contributed by atoms with Crippen LogP contribution in [0.5, 0.6) is 0 Å². The van der Waals surface area contributed by atoms with Crippen LogP contribution in [0.25, 0.3) is 0 Å².